The van der Waals surface area contributed by atoms with E-state index < -0.39 is 0 Å². The van der Waals surface area contributed by atoms with Crippen molar-refractivity contribution in [3.63, 3.8) is 0 Å². The summed E-state index contributed by atoms with van der Waals surface area (Å²) in [4.78, 5) is 15.2. The molecule has 1 atom stereocenters. The van der Waals surface area contributed by atoms with Crippen LogP contribution in [-0.2, 0) is 0 Å². The van der Waals surface area contributed by atoms with Crippen LogP contribution in [0.15, 0.2) is 54.7 Å². The minimum Gasteiger partial charge on any atom is -0.497 e. The lowest BCUT2D eigenvalue weighted by molar-refractivity contribution is 0.0788. The normalized spacial score (nSPS) is 15.7. The topological polar surface area (TPSA) is 73.4 Å². The molecule has 2 N–H and O–H groups in total. The second kappa shape index (κ2) is 9.32. The Labute approximate surface area is 183 Å². The summed E-state index contributed by atoms with van der Waals surface area (Å²) >= 11 is 0. The number of hydrogen-bond acceptors (Lipinski definition) is 4. The van der Waals surface area contributed by atoms with Gasteiger partial charge >= 0.3 is 0 Å². The number of ether oxygens (including phenoxy) is 1. The first-order chi connectivity index (χ1) is 14.1. The molecular weight excluding hydrogens is 400 g/mol. The summed E-state index contributed by atoms with van der Waals surface area (Å²) in [6.07, 6.45) is 2.78. The van der Waals surface area contributed by atoms with Crippen molar-refractivity contribution < 1.29 is 9.53 Å². The fraction of sp³-hybridized carbons (Fsp3) is 0.304. The molecule has 158 valence electrons. The van der Waals surface area contributed by atoms with Crippen LogP contribution in [0.3, 0.4) is 0 Å². The van der Waals surface area contributed by atoms with E-state index >= 15 is 0 Å². The number of likely N-dealkylation sites (tertiary alicyclic amines) is 1. The first-order valence-corrected chi connectivity index (χ1v) is 9.89. The third kappa shape index (κ3) is 4.35. The van der Waals surface area contributed by atoms with Gasteiger partial charge in [0.25, 0.3) is 5.91 Å². The smallest absolute Gasteiger partial charge is 0.257 e. The molecule has 6 nitrogen and oxygen atoms in total. The SMILES string of the molecule is COc1cccc(-c2nn(-c3ccc(C)cc3)cc2C(=O)N2CCC(CN)C2)c1.Cl. The molecule has 0 radical (unpaired) electrons. The van der Waals surface area contributed by atoms with E-state index in [-0.39, 0.29) is 18.3 Å². The molecule has 1 saturated heterocycles. The molecule has 0 spiro atoms. The quantitative estimate of drug-likeness (QED) is 0.675. The number of aryl methyl sites for hydroxylation is 1. The van der Waals surface area contributed by atoms with Crippen molar-refractivity contribution >= 4 is 18.3 Å². The summed E-state index contributed by atoms with van der Waals surface area (Å²) in [7, 11) is 1.63. The van der Waals surface area contributed by atoms with Gasteiger partial charge in [-0.3, -0.25) is 4.79 Å². The second-order valence-corrected chi connectivity index (χ2v) is 7.55. The van der Waals surface area contributed by atoms with Crippen molar-refractivity contribution in [1.82, 2.24) is 14.7 Å². The van der Waals surface area contributed by atoms with Crippen molar-refractivity contribution in [2.75, 3.05) is 26.7 Å². The maximum atomic E-state index is 13.4. The van der Waals surface area contributed by atoms with E-state index in [1.807, 2.05) is 66.6 Å². The Bertz CT molecular complexity index is 1020. The van der Waals surface area contributed by atoms with E-state index in [9.17, 15) is 4.79 Å². The number of amides is 1. The van der Waals surface area contributed by atoms with Crippen LogP contribution >= 0.6 is 12.4 Å². The third-order valence-electron chi connectivity index (χ3n) is 5.49. The number of methoxy groups -OCH3 is 1. The zero-order chi connectivity index (χ0) is 20.4. The second-order valence-electron chi connectivity index (χ2n) is 7.55. The fourth-order valence-electron chi connectivity index (χ4n) is 3.72. The Morgan fingerprint density at radius 3 is 2.67 bits per heavy atom. The summed E-state index contributed by atoms with van der Waals surface area (Å²) in [5, 5.41) is 4.78. The Morgan fingerprint density at radius 2 is 2.00 bits per heavy atom. The minimum absolute atomic E-state index is 0. The fourth-order valence-corrected chi connectivity index (χ4v) is 3.72. The number of benzene rings is 2. The highest BCUT2D eigenvalue weighted by molar-refractivity contribution is 6.00. The van der Waals surface area contributed by atoms with Gasteiger partial charge in [-0.25, -0.2) is 4.68 Å². The van der Waals surface area contributed by atoms with Crippen LogP contribution in [0.2, 0.25) is 0 Å². The Hall–Kier alpha value is -2.83. The Kier molecular flexibility index (Phi) is 6.80. The van der Waals surface area contributed by atoms with Gasteiger partial charge in [0.15, 0.2) is 0 Å². The molecule has 0 saturated carbocycles. The number of nitrogens with two attached hydrogens (primary N) is 1. The molecular formula is C23H27ClN4O2. The largest absolute Gasteiger partial charge is 0.497 e. The summed E-state index contributed by atoms with van der Waals surface area (Å²) in [6, 6.07) is 15.7. The molecule has 30 heavy (non-hydrogen) atoms. The van der Waals surface area contributed by atoms with Gasteiger partial charge in [0.05, 0.1) is 18.4 Å². The first-order valence-electron chi connectivity index (χ1n) is 9.89. The molecule has 2 heterocycles. The number of halogens is 1. The summed E-state index contributed by atoms with van der Waals surface area (Å²) in [5.41, 5.74) is 10.0. The number of nitrogens with zero attached hydrogens (tertiary/aromatic N) is 3. The Balaban J connectivity index is 0.00000256. The average Bonchev–Trinajstić information content (AvgIpc) is 3.41. The number of aromatic nitrogens is 2. The standard InChI is InChI=1S/C23H26N4O2.ClH/c1-16-6-8-19(9-7-16)27-15-21(23(28)26-11-10-17(13-24)14-26)22(25-27)18-4-3-5-20(12-18)29-2;/h3-9,12,15,17H,10-11,13-14,24H2,1-2H3;1H. The van der Waals surface area contributed by atoms with Crippen LogP contribution < -0.4 is 10.5 Å². The predicted octanol–water partition coefficient (Wildman–Crippen LogP) is 3.70. The number of hydrogen-bond donors (Lipinski definition) is 1. The zero-order valence-electron chi connectivity index (χ0n) is 17.2. The van der Waals surface area contributed by atoms with Crippen molar-refractivity contribution in [1.29, 1.82) is 0 Å². The van der Waals surface area contributed by atoms with Crippen LogP contribution in [0.1, 0.15) is 22.3 Å². The maximum absolute atomic E-state index is 13.4. The highest BCUT2D eigenvalue weighted by atomic mass is 35.5. The van der Waals surface area contributed by atoms with Crippen molar-refractivity contribution in [3.05, 3.63) is 65.9 Å². The zero-order valence-corrected chi connectivity index (χ0v) is 18.1. The molecule has 1 fully saturated rings. The molecule has 3 aromatic rings. The van der Waals surface area contributed by atoms with Gasteiger partial charge < -0.3 is 15.4 Å². The minimum atomic E-state index is -0.00266. The van der Waals surface area contributed by atoms with Crippen LogP contribution in [0, 0.1) is 12.8 Å². The van der Waals surface area contributed by atoms with E-state index in [1.54, 1.807) is 11.8 Å². The van der Waals surface area contributed by atoms with Crippen molar-refractivity contribution in [2.45, 2.75) is 13.3 Å². The molecule has 1 amide bonds. The predicted molar refractivity (Wildman–Crippen MR) is 121 cm³/mol. The molecule has 0 bridgehead atoms. The molecule has 1 aliphatic rings. The van der Waals surface area contributed by atoms with Gasteiger partial charge in [-0.05, 0) is 50.1 Å². The van der Waals surface area contributed by atoms with Crippen LogP contribution in [0.4, 0.5) is 0 Å². The van der Waals surface area contributed by atoms with E-state index in [0.29, 0.717) is 30.3 Å². The molecule has 0 aliphatic carbocycles. The highest BCUT2D eigenvalue weighted by Gasteiger charge is 2.29. The van der Waals surface area contributed by atoms with Crippen LogP contribution in [0.25, 0.3) is 16.9 Å². The van der Waals surface area contributed by atoms with E-state index in [1.165, 1.54) is 5.56 Å². The maximum Gasteiger partial charge on any atom is 0.257 e. The van der Waals surface area contributed by atoms with Crippen LogP contribution in [0.5, 0.6) is 5.75 Å². The van der Waals surface area contributed by atoms with Gasteiger partial charge in [-0.15, -0.1) is 12.4 Å². The molecule has 4 rings (SSSR count). The van der Waals surface area contributed by atoms with Gasteiger partial charge in [0.2, 0.25) is 0 Å². The monoisotopic (exact) mass is 426 g/mol. The molecule has 7 heteroatoms. The summed E-state index contributed by atoms with van der Waals surface area (Å²) in [5.74, 6) is 1.10. The molecule has 1 aliphatic heterocycles. The van der Waals surface area contributed by atoms with E-state index in [4.69, 9.17) is 15.6 Å². The summed E-state index contributed by atoms with van der Waals surface area (Å²) in [6.45, 7) is 4.08. The molecule has 2 aromatic carbocycles. The van der Waals surface area contributed by atoms with Gasteiger partial charge in [0.1, 0.15) is 11.4 Å². The molecule has 1 unspecified atom stereocenters. The summed E-state index contributed by atoms with van der Waals surface area (Å²) < 4.78 is 7.14. The molecule has 1 aromatic heterocycles. The van der Waals surface area contributed by atoms with Crippen LogP contribution in [-0.4, -0.2) is 47.3 Å². The number of rotatable bonds is 5. The van der Waals surface area contributed by atoms with E-state index in [0.717, 1.165) is 30.0 Å². The number of carbonyl (C=O) groups excluding carboxylic acids is 1. The lowest BCUT2D eigenvalue weighted by atomic mass is 10.1. The average molecular weight is 427 g/mol. The van der Waals surface area contributed by atoms with E-state index in [2.05, 4.69) is 0 Å². The van der Waals surface area contributed by atoms with Gasteiger partial charge in [-0.1, -0.05) is 29.8 Å². The third-order valence-corrected chi connectivity index (χ3v) is 5.49. The van der Waals surface area contributed by atoms with Gasteiger partial charge in [-0.2, -0.15) is 5.10 Å². The number of carbonyl (C=O) groups is 1. The Morgan fingerprint density at radius 1 is 1.23 bits per heavy atom. The lowest BCUT2D eigenvalue weighted by Crippen LogP contribution is -2.30. The van der Waals surface area contributed by atoms with Gasteiger partial charge in [0, 0.05) is 24.8 Å². The first kappa shape index (κ1) is 21.9. The lowest BCUT2D eigenvalue weighted by Gasteiger charge is -2.16. The van der Waals surface area contributed by atoms with Crippen molar-refractivity contribution in [2.24, 2.45) is 11.7 Å². The van der Waals surface area contributed by atoms with Crippen molar-refractivity contribution in [3.8, 4) is 22.7 Å². The highest BCUT2D eigenvalue weighted by Crippen LogP contribution is 2.29.